The van der Waals surface area contributed by atoms with E-state index in [0.717, 1.165) is 43.8 Å². The summed E-state index contributed by atoms with van der Waals surface area (Å²) in [4.78, 5) is 0. The van der Waals surface area contributed by atoms with Gasteiger partial charge in [0.15, 0.2) is 0 Å². The lowest BCUT2D eigenvalue weighted by Crippen LogP contribution is -3.24. The van der Waals surface area contributed by atoms with Crippen molar-refractivity contribution in [3.63, 3.8) is 0 Å². The van der Waals surface area contributed by atoms with Crippen LogP contribution in [-0.4, -0.2) is 0 Å². The average Bonchev–Trinajstić information content (AvgIpc) is 2.87. The molecule has 0 nitrogen and oxygen atoms in total. The maximum atomic E-state index is 2.80. The van der Waals surface area contributed by atoms with Crippen molar-refractivity contribution in [3.05, 3.63) is 0 Å². The molecule has 0 aromatic rings. The molecule has 0 saturated heterocycles. The molecule has 134 valence electrons. The fourth-order valence-electron chi connectivity index (χ4n) is 19.7. The highest BCUT2D eigenvalue weighted by Gasteiger charge is 3.30. The van der Waals surface area contributed by atoms with Crippen LogP contribution < -0.4 is 0 Å². The zero-order chi connectivity index (χ0) is 15.4. The van der Waals surface area contributed by atoms with Crippen molar-refractivity contribution in [2.45, 2.75) is 41.0 Å². The minimum absolute atomic E-state index is 0. The van der Waals surface area contributed by atoms with E-state index >= 15 is 0 Å². The van der Waals surface area contributed by atoms with Gasteiger partial charge in [0.1, 0.15) is 0 Å². The largest absolute Gasteiger partial charge is 0.0776 e. The molecular formula is C26H30. The first-order valence-corrected chi connectivity index (χ1v) is 12.1. The quantitative estimate of drug-likeness (QED) is 0.606. The van der Waals surface area contributed by atoms with Crippen LogP contribution in [0.25, 0.3) is 0 Å². The van der Waals surface area contributed by atoms with Crippen molar-refractivity contribution in [1.29, 1.82) is 0 Å². The Hall–Kier alpha value is 0. The predicted molar refractivity (Wildman–Crippen MR) is 95.4 cm³/mol. The zero-order valence-corrected chi connectivity index (χ0v) is 15.4. The van der Waals surface area contributed by atoms with Crippen molar-refractivity contribution in [2.24, 2.45) is 115 Å². The van der Waals surface area contributed by atoms with Gasteiger partial charge in [0, 0.05) is 0 Å². The summed E-state index contributed by atoms with van der Waals surface area (Å²) >= 11 is 0. The highest BCUT2D eigenvalue weighted by atomic mass is 15.3. The number of rotatable bonds is 0. The minimum atomic E-state index is 0. The summed E-state index contributed by atoms with van der Waals surface area (Å²) in [5.74, 6) is 16.6. The minimum Gasteiger partial charge on any atom is -0.0776 e. The van der Waals surface area contributed by atoms with Gasteiger partial charge in [0.2, 0.25) is 0 Å². The molecule has 13 aliphatic carbocycles. The third-order valence-electron chi connectivity index (χ3n) is 18.0. The summed E-state index contributed by atoms with van der Waals surface area (Å²) in [5, 5.41) is 0. The molecule has 20 atom stereocenters. The second-order valence-electron chi connectivity index (χ2n) is 14.8. The van der Waals surface area contributed by atoms with Gasteiger partial charge in [-0.25, -0.2) is 0 Å². The smallest absolute Gasteiger partial charge is 0.00935 e. The Balaban J connectivity index is 0.00000105. The second kappa shape index (κ2) is 2.09. The van der Waals surface area contributed by atoms with E-state index in [-0.39, 0.29) is 7.43 Å². The van der Waals surface area contributed by atoms with Crippen molar-refractivity contribution >= 4 is 0 Å². The van der Waals surface area contributed by atoms with E-state index in [1.165, 1.54) is 71.0 Å². The maximum Gasteiger partial charge on any atom is -0.00935 e. The van der Waals surface area contributed by atoms with Gasteiger partial charge in [-0.1, -0.05) is 28.2 Å². The Labute approximate surface area is 156 Å². The molecule has 0 heterocycles. The van der Waals surface area contributed by atoms with Crippen molar-refractivity contribution in [2.75, 3.05) is 0 Å². The standard InChI is InChI=1S/C25H26.CH4/c1-6-4-7-9-13-17-18-16-12-11-15-14-10-8-5-21(9,19(6,7)2)22(8,13)24(10,17)25(14,18)23(15,16)20(11,12)3;/h6-18H,4-5H2,1-3H3;1H4. The molecule has 13 saturated carbocycles. The van der Waals surface area contributed by atoms with Crippen LogP contribution in [0.1, 0.15) is 41.0 Å². The Bertz CT molecular complexity index is 1060. The summed E-state index contributed by atoms with van der Waals surface area (Å²) in [5.41, 5.74) is 6.85. The van der Waals surface area contributed by atoms with Gasteiger partial charge in [0.25, 0.3) is 0 Å². The van der Waals surface area contributed by atoms with Gasteiger partial charge in [-0.2, -0.15) is 0 Å². The van der Waals surface area contributed by atoms with Crippen molar-refractivity contribution in [3.8, 4) is 0 Å². The Morgan fingerprint density at radius 3 is 1.85 bits per heavy atom. The lowest BCUT2D eigenvalue weighted by atomic mass is 8.77. The molecule has 20 unspecified atom stereocenters. The summed E-state index contributed by atoms with van der Waals surface area (Å²) in [6.45, 7) is 8.23. The molecule has 0 N–H and O–H groups in total. The second-order valence-corrected chi connectivity index (χ2v) is 14.8. The third-order valence-corrected chi connectivity index (χ3v) is 18.0. The fourth-order valence-corrected chi connectivity index (χ4v) is 19.7. The van der Waals surface area contributed by atoms with E-state index in [1.807, 2.05) is 0 Å². The lowest BCUT2D eigenvalue weighted by Gasteiger charge is -3.26. The van der Waals surface area contributed by atoms with E-state index in [0.29, 0.717) is 0 Å². The Morgan fingerprint density at radius 2 is 1.15 bits per heavy atom. The number of hydrogen-bond acceptors (Lipinski definition) is 0. The first-order valence-electron chi connectivity index (χ1n) is 12.1. The highest BCUT2D eigenvalue weighted by Crippen LogP contribution is 3.32. The van der Waals surface area contributed by atoms with E-state index in [4.69, 9.17) is 0 Å². The van der Waals surface area contributed by atoms with Crippen molar-refractivity contribution < 1.29 is 0 Å². The summed E-state index contributed by atoms with van der Waals surface area (Å²) in [7, 11) is 0. The molecule has 0 bridgehead atoms. The topological polar surface area (TPSA) is 0 Å². The predicted octanol–water partition coefficient (Wildman–Crippen LogP) is 4.55. The molecule has 0 aromatic heterocycles. The van der Waals surface area contributed by atoms with Crippen LogP contribution in [0, 0.1) is 115 Å². The van der Waals surface area contributed by atoms with Gasteiger partial charge in [-0.05, 0) is 128 Å². The molecule has 0 amide bonds. The number of fused-ring (bicyclic) bond motifs is 12. The fraction of sp³-hybridized carbons (Fsp3) is 1.00. The van der Waals surface area contributed by atoms with E-state index in [2.05, 4.69) is 20.8 Å². The monoisotopic (exact) mass is 342 g/mol. The summed E-state index contributed by atoms with van der Waals surface area (Å²) in [6, 6.07) is 0. The van der Waals surface area contributed by atoms with Gasteiger partial charge < -0.3 is 0 Å². The van der Waals surface area contributed by atoms with Gasteiger partial charge in [-0.15, -0.1) is 0 Å². The van der Waals surface area contributed by atoms with Crippen molar-refractivity contribution in [1.82, 2.24) is 0 Å². The number of hydrogen-bond donors (Lipinski definition) is 0. The van der Waals surface area contributed by atoms with Gasteiger partial charge in [-0.3, -0.25) is 0 Å². The highest BCUT2D eigenvalue weighted by molar-refractivity contribution is 5.76. The SMILES string of the molecule is C.CC1CC2C3C4C5C6C7C8C9C%10C%11C%12C%13CC3(C12C)C%134C%125C%116C%107C98C. The molecule has 5 spiro atoms. The van der Waals surface area contributed by atoms with Crippen LogP contribution in [0.15, 0.2) is 0 Å². The third kappa shape index (κ3) is 0.379. The molecule has 13 aliphatic rings. The van der Waals surface area contributed by atoms with Crippen LogP contribution in [0.3, 0.4) is 0 Å². The van der Waals surface area contributed by atoms with E-state index in [1.54, 1.807) is 12.8 Å². The zero-order valence-electron chi connectivity index (χ0n) is 15.4. The van der Waals surface area contributed by atoms with E-state index in [9.17, 15) is 0 Å². The average molecular weight is 343 g/mol. The van der Waals surface area contributed by atoms with Crippen LogP contribution in [0.2, 0.25) is 0 Å². The van der Waals surface area contributed by atoms with Gasteiger partial charge >= 0.3 is 0 Å². The van der Waals surface area contributed by atoms with Crippen LogP contribution >= 0.6 is 0 Å². The molecule has 13 fully saturated rings. The summed E-state index contributed by atoms with van der Waals surface area (Å²) in [6.07, 6.45) is 3.37. The van der Waals surface area contributed by atoms with Gasteiger partial charge in [0.05, 0.1) is 0 Å². The molecule has 0 aromatic carbocycles. The molecule has 26 heavy (non-hydrogen) atoms. The van der Waals surface area contributed by atoms with Crippen LogP contribution in [0.4, 0.5) is 0 Å². The van der Waals surface area contributed by atoms with E-state index < -0.39 is 0 Å². The summed E-state index contributed by atoms with van der Waals surface area (Å²) < 4.78 is 0. The lowest BCUT2D eigenvalue weighted by molar-refractivity contribution is -0.810. The molecular weight excluding hydrogens is 312 g/mol. The first-order chi connectivity index (χ1) is 12.1. The van der Waals surface area contributed by atoms with Crippen LogP contribution in [-0.2, 0) is 0 Å². The maximum absolute atomic E-state index is 2.80. The Morgan fingerprint density at radius 1 is 0.577 bits per heavy atom. The molecule has 0 radical (unpaired) electrons. The molecule has 0 aliphatic heterocycles. The molecule has 0 heteroatoms. The first kappa shape index (κ1) is 11.9. The normalized spacial score (nSPS) is 108. The van der Waals surface area contributed by atoms with Crippen LogP contribution in [0.5, 0.6) is 0 Å². The molecule has 13 rings (SSSR count). The Kier molecular flexibility index (Phi) is 0.954.